The minimum absolute atomic E-state index is 0.127. The van der Waals surface area contributed by atoms with Gasteiger partial charge in [0.2, 0.25) is 10.0 Å². The Morgan fingerprint density at radius 3 is 2.48 bits per heavy atom. The van der Waals surface area contributed by atoms with E-state index < -0.39 is 15.6 Å². The zero-order chi connectivity index (χ0) is 21.4. The summed E-state index contributed by atoms with van der Waals surface area (Å²) >= 11 is 0. The fourth-order valence-electron chi connectivity index (χ4n) is 4.05. The van der Waals surface area contributed by atoms with Crippen LogP contribution in [0.2, 0.25) is 0 Å². The van der Waals surface area contributed by atoms with Crippen LogP contribution in [0.25, 0.3) is 0 Å². The molecule has 0 saturated carbocycles. The molecule has 29 heavy (non-hydrogen) atoms. The third kappa shape index (κ3) is 4.58. The number of fused-ring (bicyclic) bond motifs is 1. The number of carbonyl (C=O) groups is 1. The highest BCUT2D eigenvalue weighted by molar-refractivity contribution is 7.89. The van der Waals surface area contributed by atoms with Gasteiger partial charge in [-0.2, -0.15) is 0 Å². The number of nitrogens with zero attached hydrogens (tertiary/aromatic N) is 2. The molecule has 0 unspecified atom stereocenters. The van der Waals surface area contributed by atoms with E-state index in [2.05, 4.69) is 9.62 Å². The van der Waals surface area contributed by atoms with E-state index in [0.29, 0.717) is 31.2 Å². The number of hydrogen-bond donors (Lipinski definition) is 1. The number of carbonyl (C=O) groups excluding carboxylic acids is 1. The van der Waals surface area contributed by atoms with Crippen LogP contribution in [-0.4, -0.2) is 72.3 Å². The molecule has 1 amide bonds. The van der Waals surface area contributed by atoms with Gasteiger partial charge in [-0.25, -0.2) is 13.1 Å². The van der Waals surface area contributed by atoms with Gasteiger partial charge in [-0.1, -0.05) is 0 Å². The number of nitrogens with one attached hydrogen (secondary N) is 1. The monoisotopic (exact) mass is 425 g/mol. The number of amides is 1. The number of likely N-dealkylation sites (N-methyl/N-ethyl adjacent to an activating group) is 1. The van der Waals surface area contributed by atoms with E-state index in [1.165, 1.54) is 17.0 Å². The first-order chi connectivity index (χ1) is 13.5. The molecule has 1 aromatic rings. The van der Waals surface area contributed by atoms with Gasteiger partial charge in [-0.15, -0.1) is 0 Å². The second-order valence-corrected chi connectivity index (χ2v) is 10.5. The molecule has 9 heteroatoms. The van der Waals surface area contributed by atoms with Gasteiger partial charge in [0.25, 0.3) is 5.91 Å². The highest BCUT2D eigenvalue weighted by Crippen LogP contribution is 2.38. The van der Waals surface area contributed by atoms with E-state index in [0.717, 1.165) is 19.4 Å². The first kappa shape index (κ1) is 22.0. The number of anilines is 1. The normalized spacial score (nSPS) is 21.0. The van der Waals surface area contributed by atoms with Crippen LogP contribution in [0, 0.1) is 5.41 Å². The largest absolute Gasteiger partial charge is 0.476 e. The van der Waals surface area contributed by atoms with Crippen molar-refractivity contribution in [2.45, 2.75) is 37.2 Å². The van der Waals surface area contributed by atoms with Gasteiger partial charge < -0.3 is 19.3 Å². The fraction of sp³-hybridized carbons (Fsp3) is 0.650. The molecule has 1 N–H and O–H groups in total. The van der Waals surface area contributed by atoms with Gasteiger partial charge in [-0.3, -0.25) is 4.79 Å². The Morgan fingerprint density at radius 1 is 1.21 bits per heavy atom. The van der Waals surface area contributed by atoms with Crippen molar-refractivity contribution in [2.75, 3.05) is 52.3 Å². The number of ether oxygens (including phenoxy) is 2. The summed E-state index contributed by atoms with van der Waals surface area (Å²) in [5, 5.41) is 0. The predicted molar refractivity (Wildman–Crippen MR) is 111 cm³/mol. The first-order valence-electron chi connectivity index (χ1n) is 9.79. The van der Waals surface area contributed by atoms with Crippen molar-refractivity contribution >= 4 is 21.6 Å². The highest BCUT2D eigenvalue weighted by atomic mass is 32.2. The fourth-order valence-corrected chi connectivity index (χ4v) is 5.22. The van der Waals surface area contributed by atoms with Crippen LogP contribution in [0.3, 0.4) is 0 Å². The molecule has 0 aliphatic carbocycles. The molecule has 0 aromatic heterocycles. The number of sulfonamides is 1. The van der Waals surface area contributed by atoms with E-state index in [-0.39, 0.29) is 16.2 Å². The molecule has 2 heterocycles. The summed E-state index contributed by atoms with van der Waals surface area (Å²) in [5.41, 5.74) is -0.648. The molecule has 2 aliphatic rings. The molecule has 162 valence electrons. The number of rotatable bonds is 6. The van der Waals surface area contributed by atoms with Crippen LogP contribution in [0.4, 0.5) is 5.69 Å². The maximum atomic E-state index is 13.0. The summed E-state index contributed by atoms with van der Waals surface area (Å²) in [6.45, 7) is 5.75. The second-order valence-electron chi connectivity index (χ2n) is 8.78. The highest BCUT2D eigenvalue weighted by Gasteiger charge is 2.40. The molecule has 8 nitrogen and oxygen atoms in total. The SMILES string of the molecule is CN(C)CC1(CNS(=O)(=O)c2ccc3c(c2)OC(C)(C)C(=O)N3C)CCOCC1. The minimum atomic E-state index is -3.73. The molecular formula is C20H31N3O5S. The lowest BCUT2D eigenvalue weighted by molar-refractivity contribution is -0.132. The van der Waals surface area contributed by atoms with E-state index in [4.69, 9.17) is 9.47 Å². The van der Waals surface area contributed by atoms with Gasteiger partial charge in [0.1, 0.15) is 5.75 Å². The van der Waals surface area contributed by atoms with Crippen LogP contribution >= 0.6 is 0 Å². The van der Waals surface area contributed by atoms with Gasteiger partial charge in [0.05, 0.1) is 10.6 Å². The molecule has 2 aliphatic heterocycles. The quantitative estimate of drug-likeness (QED) is 0.742. The average Bonchev–Trinajstić information content (AvgIpc) is 2.64. The van der Waals surface area contributed by atoms with Crippen LogP contribution in [-0.2, 0) is 19.6 Å². The van der Waals surface area contributed by atoms with Gasteiger partial charge >= 0.3 is 0 Å². The van der Waals surface area contributed by atoms with E-state index in [9.17, 15) is 13.2 Å². The Morgan fingerprint density at radius 2 is 1.86 bits per heavy atom. The van der Waals surface area contributed by atoms with Crippen LogP contribution < -0.4 is 14.4 Å². The lowest BCUT2D eigenvalue weighted by Crippen LogP contribution is -2.51. The third-order valence-corrected chi connectivity index (χ3v) is 7.03. The molecular weight excluding hydrogens is 394 g/mol. The summed E-state index contributed by atoms with van der Waals surface area (Å²) in [6.07, 6.45) is 1.62. The van der Waals surface area contributed by atoms with Crippen molar-refractivity contribution in [2.24, 2.45) is 5.41 Å². The van der Waals surface area contributed by atoms with E-state index >= 15 is 0 Å². The summed E-state index contributed by atoms with van der Waals surface area (Å²) < 4.78 is 40.1. The molecule has 1 saturated heterocycles. The molecule has 0 spiro atoms. The first-order valence-corrected chi connectivity index (χ1v) is 11.3. The van der Waals surface area contributed by atoms with Crippen molar-refractivity contribution in [1.82, 2.24) is 9.62 Å². The maximum Gasteiger partial charge on any atom is 0.270 e. The molecule has 0 radical (unpaired) electrons. The molecule has 0 atom stereocenters. The molecule has 0 bridgehead atoms. The standard InChI is InChI=1S/C20H31N3O5S/c1-19(2)18(24)23(5)16-7-6-15(12-17(16)28-19)29(25,26)21-13-20(14-22(3)4)8-10-27-11-9-20/h6-7,12,21H,8-11,13-14H2,1-5H3. The van der Waals surface area contributed by atoms with Crippen molar-refractivity contribution < 1.29 is 22.7 Å². The Kier molecular flexibility index (Phi) is 5.97. The minimum Gasteiger partial charge on any atom is -0.476 e. The Hall–Kier alpha value is -1.68. The van der Waals surface area contributed by atoms with Gasteiger partial charge in [0.15, 0.2) is 5.60 Å². The zero-order valence-corrected chi connectivity index (χ0v) is 18.6. The topological polar surface area (TPSA) is 88.2 Å². The summed E-state index contributed by atoms with van der Waals surface area (Å²) in [4.78, 5) is 16.1. The van der Waals surface area contributed by atoms with Crippen molar-refractivity contribution in [3.8, 4) is 5.75 Å². The lowest BCUT2D eigenvalue weighted by atomic mass is 9.80. The molecule has 1 aromatic carbocycles. The smallest absolute Gasteiger partial charge is 0.270 e. The van der Waals surface area contributed by atoms with Crippen molar-refractivity contribution in [3.05, 3.63) is 18.2 Å². The van der Waals surface area contributed by atoms with Crippen LogP contribution in [0.1, 0.15) is 26.7 Å². The number of hydrogen-bond acceptors (Lipinski definition) is 6. The van der Waals surface area contributed by atoms with Crippen molar-refractivity contribution in [1.29, 1.82) is 0 Å². The number of benzene rings is 1. The van der Waals surface area contributed by atoms with Gasteiger partial charge in [-0.05, 0) is 52.9 Å². The molecule has 3 rings (SSSR count). The average molecular weight is 426 g/mol. The Bertz CT molecular complexity index is 876. The summed E-state index contributed by atoms with van der Waals surface area (Å²) in [7, 11) is 1.92. The second kappa shape index (κ2) is 7.86. The van der Waals surface area contributed by atoms with Crippen LogP contribution in [0.15, 0.2) is 23.1 Å². The van der Waals surface area contributed by atoms with Crippen LogP contribution in [0.5, 0.6) is 5.75 Å². The molecule has 1 fully saturated rings. The maximum absolute atomic E-state index is 13.0. The Labute approximate surface area is 173 Å². The Balaban J connectivity index is 1.82. The van der Waals surface area contributed by atoms with E-state index in [1.54, 1.807) is 27.0 Å². The zero-order valence-electron chi connectivity index (χ0n) is 17.8. The summed E-state index contributed by atoms with van der Waals surface area (Å²) in [5.74, 6) is 0.206. The van der Waals surface area contributed by atoms with Crippen molar-refractivity contribution in [3.63, 3.8) is 0 Å². The van der Waals surface area contributed by atoms with E-state index in [1.807, 2.05) is 14.1 Å². The third-order valence-electron chi connectivity index (χ3n) is 5.63. The summed E-state index contributed by atoms with van der Waals surface area (Å²) in [6, 6.07) is 4.61. The lowest BCUT2D eigenvalue weighted by Gasteiger charge is -2.39. The van der Waals surface area contributed by atoms with Gasteiger partial charge in [0, 0.05) is 44.8 Å². The predicted octanol–water partition coefficient (Wildman–Crippen LogP) is 1.46.